The minimum atomic E-state index is -0.328. The van der Waals surface area contributed by atoms with Crippen LogP contribution in [0.4, 0.5) is 17.1 Å². The zero-order valence-electron chi connectivity index (χ0n) is 25.4. The fraction of sp³-hybridized carbons (Fsp3) is 0.294. The smallest absolute Gasteiger partial charge is 0.248 e. The number of pyridine rings is 2. The highest BCUT2D eigenvalue weighted by Crippen LogP contribution is 2.38. The van der Waals surface area contributed by atoms with Gasteiger partial charge in [0, 0.05) is 61.7 Å². The van der Waals surface area contributed by atoms with Crippen LogP contribution in [0.1, 0.15) is 24.6 Å². The van der Waals surface area contributed by atoms with Gasteiger partial charge in [0.2, 0.25) is 5.91 Å². The van der Waals surface area contributed by atoms with Crippen LogP contribution in [0.3, 0.4) is 0 Å². The Morgan fingerprint density at radius 3 is 2.87 bits per heavy atom. The second-order valence-electron chi connectivity index (χ2n) is 10.3. The Morgan fingerprint density at radius 2 is 2.11 bits per heavy atom. The lowest BCUT2D eigenvalue weighted by atomic mass is 10.1. The van der Waals surface area contributed by atoms with Crippen molar-refractivity contribution in [2.24, 2.45) is 0 Å². The van der Waals surface area contributed by atoms with Crippen molar-refractivity contribution in [3.63, 3.8) is 0 Å². The Hall–Kier alpha value is -4.73. The maximum atomic E-state index is 12.9. The Bertz CT molecular complexity index is 1710. The van der Waals surface area contributed by atoms with Crippen LogP contribution in [0.25, 0.3) is 10.9 Å². The molecule has 1 fully saturated rings. The molecule has 1 aliphatic heterocycles. The highest BCUT2D eigenvalue weighted by molar-refractivity contribution is 6.32. The number of rotatable bonds is 15. The Balaban J connectivity index is 1.39. The third-order valence-electron chi connectivity index (χ3n) is 6.99. The number of amides is 1. The largest absolute Gasteiger partial charge is 0.486 e. The first kappa shape index (κ1) is 32.7. The van der Waals surface area contributed by atoms with Crippen molar-refractivity contribution in [3.8, 4) is 17.6 Å². The van der Waals surface area contributed by atoms with Crippen molar-refractivity contribution in [1.29, 1.82) is 5.26 Å². The van der Waals surface area contributed by atoms with Crippen molar-refractivity contribution in [1.82, 2.24) is 15.3 Å². The number of carbonyl (C=O) groups excluding carboxylic acids is 1. The van der Waals surface area contributed by atoms with E-state index in [2.05, 4.69) is 32.0 Å². The summed E-state index contributed by atoms with van der Waals surface area (Å²) in [4.78, 5) is 21.7. The molecule has 3 heterocycles. The highest BCUT2D eigenvalue weighted by Gasteiger charge is 2.21. The number of anilines is 3. The second kappa shape index (κ2) is 16.5. The molecule has 1 unspecified atom stereocenters. The third kappa shape index (κ3) is 8.93. The summed E-state index contributed by atoms with van der Waals surface area (Å²) >= 11 is 6.57. The summed E-state index contributed by atoms with van der Waals surface area (Å²) in [5.41, 5.74) is 3.24. The van der Waals surface area contributed by atoms with Gasteiger partial charge in [0.05, 0.1) is 53.0 Å². The number of fused-ring (bicyclic) bond motifs is 1. The lowest BCUT2D eigenvalue weighted by Crippen LogP contribution is -2.20. The Morgan fingerprint density at radius 1 is 1.20 bits per heavy atom. The average molecular weight is 643 g/mol. The van der Waals surface area contributed by atoms with Gasteiger partial charge in [-0.25, -0.2) is 0 Å². The van der Waals surface area contributed by atoms with Crippen molar-refractivity contribution in [2.45, 2.75) is 26.1 Å². The van der Waals surface area contributed by atoms with Crippen molar-refractivity contribution in [3.05, 3.63) is 89.4 Å². The molecule has 46 heavy (non-hydrogen) atoms. The zero-order valence-corrected chi connectivity index (χ0v) is 26.2. The van der Waals surface area contributed by atoms with E-state index in [0.29, 0.717) is 89.6 Å². The van der Waals surface area contributed by atoms with Gasteiger partial charge >= 0.3 is 0 Å². The molecule has 11 nitrogen and oxygen atoms in total. The molecule has 0 radical (unpaired) electrons. The third-order valence-corrected chi connectivity index (χ3v) is 7.29. The molecule has 0 aliphatic carbocycles. The molecule has 2 aromatic heterocycles. The number of halogens is 1. The van der Waals surface area contributed by atoms with E-state index in [0.717, 1.165) is 12.1 Å². The number of carbonyl (C=O) groups is 1. The van der Waals surface area contributed by atoms with Crippen LogP contribution in [-0.4, -0.2) is 61.5 Å². The fourth-order valence-electron chi connectivity index (χ4n) is 4.71. The Kier molecular flexibility index (Phi) is 11.7. The molecule has 1 saturated heterocycles. The van der Waals surface area contributed by atoms with Crippen molar-refractivity contribution < 1.29 is 23.7 Å². The molecule has 12 heteroatoms. The number of benzene rings is 2. The summed E-state index contributed by atoms with van der Waals surface area (Å²) < 4.78 is 22.9. The zero-order chi connectivity index (χ0) is 32.1. The van der Waals surface area contributed by atoms with Gasteiger partial charge in [0.25, 0.3) is 0 Å². The van der Waals surface area contributed by atoms with E-state index < -0.39 is 0 Å². The van der Waals surface area contributed by atoms with Crippen molar-refractivity contribution in [2.75, 3.05) is 50.2 Å². The molecule has 0 spiro atoms. The molecule has 5 rings (SSSR count). The average Bonchev–Trinajstić information content (AvgIpc) is 3.58. The summed E-state index contributed by atoms with van der Waals surface area (Å²) in [6.45, 7) is 5.73. The monoisotopic (exact) mass is 642 g/mol. The molecule has 3 N–H and O–H groups in total. The summed E-state index contributed by atoms with van der Waals surface area (Å²) in [6.07, 6.45) is 6.98. The van der Waals surface area contributed by atoms with E-state index in [1.807, 2.05) is 25.1 Å². The van der Waals surface area contributed by atoms with E-state index in [4.69, 9.17) is 30.5 Å². The van der Waals surface area contributed by atoms with Gasteiger partial charge in [-0.05, 0) is 43.3 Å². The van der Waals surface area contributed by atoms with Gasteiger partial charge in [-0.3, -0.25) is 14.8 Å². The molecular formula is C34H35ClN6O5. The van der Waals surface area contributed by atoms with Gasteiger partial charge in [-0.1, -0.05) is 23.7 Å². The number of aromatic nitrogens is 2. The van der Waals surface area contributed by atoms with E-state index >= 15 is 0 Å². The molecule has 1 amide bonds. The van der Waals surface area contributed by atoms with Crippen LogP contribution < -0.4 is 25.4 Å². The summed E-state index contributed by atoms with van der Waals surface area (Å²) in [5.74, 6) is 0.629. The van der Waals surface area contributed by atoms with Crippen LogP contribution in [0, 0.1) is 11.3 Å². The van der Waals surface area contributed by atoms with Crippen LogP contribution in [0.15, 0.2) is 73.1 Å². The molecule has 4 aromatic rings. The number of hydrogen-bond acceptors (Lipinski definition) is 10. The first-order valence-corrected chi connectivity index (χ1v) is 15.4. The number of hydrogen-bond donors (Lipinski definition) is 3. The molecule has 1 atom stereocenters. The molecular weight excluding hydrogens is 608 g/mol. The van der Waals surface area contributed by atoms with E-state index in [-0.39, 0.29) is 18.6 Å². The lowest BCUT2D eigenvalue weighted by Gasteiger charge is -2.18. The molecule has 238 valence electrons. The number of nitriles is 1. The lowest BCUT2D eigenvalue weighted by molar-refractivity contribution is -0.111. The quantitative estimate of drug-likeness (QED) is 0.108. The predicted octanol–water partition coefficient (Wildman–Crippen LogP) is 5.77. The van der Waals surface area contributed by atoms with E-state index in [1.54, 1.807) is 42.6 Å². The minimum absolute atomic E-state index is 0.158. The van der Waals surface area contributed by atoms with Crippen molar-refractivity contribution >= 4 is 45.5 Å². The molecule has 2 aromatic carbocycles. The maximum Gasteiger partial charge on any atom is 0.248 e. The van der Waals surface area contributed by atoms with Gasteiger partial charge in [-0.15, -0.1) is 0 Å². The first-order valence-electron chi connectivity index (χ1n) is 15.0. The van der Waals surface area contributed by atoms with Gasteiger partial charge in [0.15, 0.2) is 0 Å². The number of nitrogens with zero attached hydrogens (tertiary/aromatic N) is 3. The maximum absolute atomic E-state index is 12.9. The van der Waals surface area contributed by atoms with E-state index in [1.165, 1.54) is 12.3 Å². The highest BCUT2D eigenvalue weighted by atomic mass is 35.5. The molecule has 0 bridgehead atoms. The normalized spacial score (nSPS) is 14.3. The van der Waals surface area contributed by atoms with E-state index in [9.17, 15) is 10.1 Å². The number of nitrogens with one attached hydrogen (secondary N) is 3. The standard InChI is InChI=1S/C34H35ClN6O5/c1-2-43-15-13-37-11-5-7-33(42)41-30-17-27-29(18-32(30)46-26-10-14-44-22-26)39-20-23(19-36)34(27)40-24-8-9-31(28(35)16-24)45-21-25-6-3-4-12-38-25/h3-9,12,16-18,20,26,37H,2,10-11,13-15,21-22H2,1H3,(H,39,40)(H,41,42)/b7-5+. The minimum Gasteiger partial charge on any atom is -0.486 e. The summed E-state index contributed by atoms with van der Waals surface area (Å²) in [6, 6.07) is 16.6. The second-order valence-corrected chi connectivity index (χ2v) is 10.7. The first-order chi connectivity index (χ1) is 22.5. The van der Waals surface area contributed by atoms with Crippen LogP contribution in [0.5, 0.6) is 11.5 Å². The van der Waals surface area contributed by atoms with Crippen LogP contribution in [-0.2, 0) is 20.9 Å². The summed E-state index contributed by atoms with van der Waals surface area (Å²) in [7, 11) is 0. The van der Waals surface area contributed by atoms with Gasteiger partial charge < -0.3 is 34.9 Å². The SMILES string of the molecule is CCOCCNC/C=C/C(=O)Nc1cc2c(Nc3ccc(OCc4ccccn4)c(Cl)c3)c(C#N)cnc2cc1OC1CCOC1. The topological polar surface area (TPSA) is 140 Å². The van der Waals surface area contributed by atoms with Crippen LogP contribution in [0.2, 0.25) is 5.02 Å². The molecule has 1 aliphatic rings. The number of ether oxygens (including phenoxy) is 4. The summed E-state index contributed by atoms with van der Waals surface area (Å²) in [5, 5.41) is 20.4. The Labute approximate surface area is 272 Å². The van der Waals surface area contributed by atoms with Crippen LogP contribution >= 0.6 is 11.6 Å². The predicted molar refractivity (Wildman–Crippen MR) is 177 cm³/mol. The fourth-order valence-corrected chi connectivity index (χ4v) is 4.94. The molecule has 0 saturated carbocycles. The van der Waals surface area contributed by atoms with Gasteiger partial charge in [0.1, 0.15) is 30.3 Å². The van der Waals surface area contributed by atoms with Gasteiger partial charge in [-0.2, -0.15) is 5.26 Å².